The summed E-state index contributed by atoms with van der Waals surface area (Å²) in [6, 6.07) is 9.71. The van der Waals surface area contributed by atoms with Crippen LogP contribution in [0.5, 0.6) is 0 Å². The fourth-order valence-corrected chi connectivity index (χ4v) is 3.15. The number of rotatable bonds is 4. The van der Waals surface area contributed by atoms with Gasteiger partial charge in [-0.3, -0.25) is 14.5 Å². The van der Waals surface area contributed by atoms with Crippen LogP contribution >= 0.6 is 11.8 Å². The molecule has 1 aliphatic heterocycles. The summed E-state index contributed by atoms with van der Waals surface area (Å²) in [5.74, 6) is -0.314. The van der Waals surface area contributed by atoms with E-state index in [-0.39, 0.29) is 16.7 Å². The highest BCUT2D eigenvalue weighted by Gasteiger charge is 2.33. The van der Waals surface area contributed by atoms with E-state index in [4.69, 9.17) is 9.52 Å². The Labute approximate surface area is 141 Å². The summed E-state index contributed by atoms with van der Waals surface area (Å²) >= 11 is 0.885. The van der Waals surface area contributed by atoms with Gasteiger partial charge in [0, 0.05) is 18.2 Å². The topological polar surface area (TPSA) is 87.8 Å². The quantitative estimate of drug-likeness (QED) is 0.852. The average molecular weight is 343 g/mol. The molecular formula is C17H13NO5S. The van der Waals surface area contributed by atoms with Crippen LogP contribution in [0.4, 0.5) is 4.79 Å². The van der Waals surface area contributed by atoms with Gasteiger partial charge in [0.15, 0.2) is 0 Å². The van der Waals surface area contributed by atoms with Crippen molar-refractivity contribution in [3.05, 3.63) is 52.6 Å². The number of carboxylic acids is 1. The third-order valence-corrected chi connectivity index (χ3v) is 4.41. The summed E-state index contributed by atoms with van der Waals surface area (Å²) in [4.78, 5) is 36.1. The molecule has 0 unspecified atom stereocenters. The summed E-state index contributed by atoms with van der Waals surface area (Å²) in [6.45, 7) is 2.08. The molecule has 0 saturated carbocycles. The molecule has 3 rings (SSSR count). The van der Waals surface area contributed by atoms with Crippen molar-refractivity contribution in [1.29, 1.82) is 0 Å². The molecule has 2 amide bonds. The van der Waals surface area contributed by atoms with Crippen LogP contribution in [-0.2, 0) is 4.79 Å². The number of carbonyl (C=O) groups excluding carboxylic acids is 2. The first-order chi connectivity index (χ1) is 11.5. The molecule has 24 heavy (non-hydrogen) atoms. The lowest BCUT2D eigenvalue weighted by Gasteiger charge is -2.06. The molecular weight excluding hydrogens is 330 g/mol. The lowest BCUT2D eigenvalue weighted by molar-refractivity contribution is -0.122. The van der Waals surface area contributed by atoms with Crippen molar-refractivity contribution in [3.63, 3.8) is 0 Å². The highest BCUT2D eigenvalue weighted by Crippen LogP contribution is 2.33. The Bertz CT molecular complexity index is 850. The Balaban J connectivity index is 1.83. The lowest BCUT2D eigenvalue weighted by atomic mass is 10.1. The van der Waals surface area contributed by atoms with Crippen LogP contribution in [0, 0.1) is 0 Å². The third kappa shape index (κ3) is 2.98. The minimum Gasteiger partial charge on any atom is -0.478 e. The van der Waals surface area contributed by atoms with Crippen LogP contribution < -0.4 is 0 Å². The third-order valence-electron chi connectivity index (χ3n) is 3.51. The van der Waals surface area contributed by atoms with Crippen LogP contribution in [0.2, 0.25) is 0 Å². The molecule has 0 spiro atoms. The highest BCUT2D eigenvalue weighted by molar-refractivity contribution is 8.18. The number of furan rings is 1. The number of nitrogens with zero attached hydrogens (tertiary/aromatic N) is 1. The molecule has 0 aliphatic carbocycles. The molecule has 1 aliphatic rings. The van der Waals surface area contributed by atoms with E-state index in [9.17, 15) is 14.4 Å². The Hall–Kier alpha value is -2.80. The van der Waals surface area contributed by atoms with Gasteiger partial charge in [-0.15, -0.1) is 0 Å². The zero-order chi connectivity index (χ0) is 17.3. The summed E-state index contributed by atoms with van der Waals surface area (Å²) < 4.78 is 5.67. The second kappa shape index (κ2) is 6.37. The molecule has 122 valence electrons. The summed E-state index contributed by atoms with van der Waals surface area (Å²) in [7, 11) is 0. The van der Waals surface area contributed by atoms with Gasteiger partial charge in [0.2, 0.25) is 0 Å². The fourth-order valence-electron chi connectivity index (χ4n) is 2.26. The normalized spacial score (nSPS) is 16.2. The zero-order valence-corrected chi connectivity index (χ0v) is 13.5. The Kier molecular flexibility index (Phi) is 4.26. The Morgan fingerprint density at radius 1 is 1.21 bits per heavy atom. The van der Waals surface area contributed by atoms with Crippen LogP contribution in [0.3, 0.4) is 0 Å². The molecule has 7 heteroatoms. The summed E-state index contributed by atoms with van der Waals surface area (Å²) in [5, 5.41) is 8.61. The maximum Gasteiger partial charge on any atom is 0.335 e. The Morgan fingerprint density at radius 2 is 1.92 bits per heavy atom. The van der Waals surface area contributed by atoms with Crippen LogP contribution in [-0.4, -0.2) is 33.7 Å². The van der Waals surface area contributed by atoms with E-state index in [2.05, 4.69) is 0 Å². The summed E-state index contributed by atoms with van der Waals surface area (Å²) in [6.07, 6.45) is 1.54. The molecule has 6 nitrogen and oxygen atoms in total. The van der Waals surface area contributed by atoms with Crippen molar-refractivity contribution >= 4 is 35.0 Å². The minimum atomic E-state index is -0.992. The minimum absolute atomic E-state index is 0.193. The van der Waals surface area contributed by atoms with E-state index in [0.717, 1.165) is 17.3 Å². The van der Waals surface area contributed by atoms with E-state index in [1.807, 2.05) is 0 Å². The standard InChI is InChI=1S/C17H13NO5S/c1-2-18-15(19)14(24-17(18)22)9-12-7-8-13(23-12)10-3-5-11(6-4-10)16(20)21/h3-9H,2H2,1H3,(H,20,21). The van der Waals surface area contributed by atoms with Crippen molar-refractivity contribution in [2.45, 2.75) is 6.92 Å². The highest BCUT2D eigenvalue weighted by atomic mass is 32.2. The number of benzene rings is 1. The predicted octanol–water partition coefficient (Wildman–Crippen LogP) is 3.70. The van der Waals surface area contributed by atoms with Gasteiger partial charge >= 0.3 is 5.97 Å². The number of carbonyl (C=O) groups is 3. The van der Waals surface area contributed by atoms with Crippen molar-refractivity contribution < 1.29 is 23.9 Å². The first-order valence-corrected chi connectivity index (χ1v) is 8.00. The molecule has 2 heterocycles. The van der Waals surface area contributed by atoms with Gasteiger partial charge in [0.1, 0.15) is 11.5 Å². The monoisotopic (exact) mass is 343 g/mol. The number of carboxylic acid groups (broad SMARTS) is 1. The molecule has 2 aromatic rings. The van der Waals surface area contributed by atoms with Crippen LogP contribution in [0.15, 0.2) is 45.7 Å². The van der Waals surface area contributed by atoms with Gasteiger partial charge in [-0.05, 0) is 43.0 Å². The molecule has 1 aromatic heterocycles. The molecule has 0 radical (unpaired) electrons. The first-order valence-electron chi connectivity index (χ1n) is 7.18. The molecule has 1 saturated heterocycles. The first kappa shape index (κ1) is 16.1. The number of imide groups is 1. The SMILES string of the molecule is CCN1C(=O)SC(=Cc2ccc(-c3ccc(C(=O)O)cc3)o2)C1=O. The van der Waals surface area contributed by atoms with Gasteiger partial charge in [-0.2, -0.15) is 0 Å². The lowest BCUT2D eigenvalue weighted by Crippen LogP contribution is -2.27. The maximum absolute atomic E-state index is 12.0. The molecule has 0 bridgehead atoms. The van der Waals surface area contributed by atoms with Gasteiger partial charge in [0.25, 0.3) is 11.1 Å². The van der Waals surface area contributed by atoms with E-state index < -0.39 is 5.97 Å². The zero-order valence-electron chi connectivity index (χ0n) is 12.7. The molecule has 1 aromatic carbocycles. The van der Waals surface area contributed by atoms with E-state index in [1.165, 1.54) is 23.1 Å². The largest absolute Gasteiger partial charge is 0.478 e. The van der Waals surface area contributed by atoms with E-state index in [0.29, 0.717) is 23.0 Å². The number of thioether (sulfide) groups is 1. The fraction of sp³-hybridized carbons (Fsp3) is 0.118. The maximum atomic E-state index is 12.0. The van der Waals surface area contributed by atoms with Crippen molar-refractivity contribution in [2.24, 2.45) is 0 Å². The molecule has 1 fully saturated rings. The van der Waals surface area contributed by atoms with E-state index in [1.54, 1.807) is 31.2 Å². The smallest absolute Gasteiger partial charge is 0.335 e. The van der Waals surface area contributed by atoms with Crippen molar-refractivity contribution in [1.82, 2.24) is 4.90 Å². The second-order valence-corrected chi connectivity index (χ2v) is 6.00. The van der Waals surface area contributed by atoms with Crippen LogP contribution in [0.1, 0.15) is 23.0 Å². The number of hydrogen-bond acceptors (Lipinski definition) is 5. The van der Waals surface area contributed by atoms with Gasteiger partial charge < -0.3 is 9.52 Å². The Morgan fingerprint density at radius 3 is 2.50 bits per heavy atom. The van der Waals surface area contributed by atoms with Gasteiger partial charge in [0.05, 0.1) is 10.5 Å². The van der Waals surface area contributed by atoms with E-state index >= 15 is 0 Å². The second-order valence-electron chi connectivity index (χ2n) is 5.01. The average Bonchev–Trinajstić information content (AvgIpc) is 3.13. The van der Waals surface area contributed by atoms with Crippen molar-refractivity contribution in [2.75, 3.05) is 6.54 Å². The molecule has 1 N–H and O–H groups in total. The number of hydrogen-bond donors (Lipinski definition) is 1. The number of likely N-dealkylation sites (N-methyl/N-ethyl adjacent to an activating group) is 1. The van der Waals surface area contributed by atoms with Crippen molar-refractivity contribution in [3.8, 4) is 11.3 Å². The number of amides is 2. The predicted molar refractivity (Wildman–Crippen MR) is 89.5 cm³/mol. The summed E-state index contributed by atoms with van der Waals surface area (Å²) in [5.41, 5.74) is 0.917. The molecule has 0 atom stereocenters. The van der Waals surface area contributed by atoms with Crippen LogP contribution in [0.25, 0.3) is 17.4 Å². The number of aromatic carboxylic acids is 1. The van der Waals surface area contributed by atoms with Gasteiger partial charge in [-0.25, -0.2) is 4.79 Å². The van der Waals surface area contributed by atoms with Gasteiger partial charge in [-0.1, -0.05) is 12.1 Å².